The Morgan fingerprint density at radius 1 is 1.43 bits per heavy atom. The molecule has 0 saturated heterocycles. The van der Waals surface area contributed by atoms with Crippen molar-refractivity contribution in [1.29, 1.82) is 0 Å². The van der Waals surface area contributed by atoms with Gasteiger partial charge in [-0.3, -0.25) is 0 Å². The lowest BCUT2D eigenvalue weighted by Gasteiger charge is -2.19. The van der Waals surface area contributed by atoms with Crippen molar-refractivity contribution in [2.45, 2.75) is 25.3 Å². The second kappa shape index (κ2) is 7.90. The smallest absolute Gasteiger partial charge is 0.246 e. The molecular formula is C14H18BrFN2O2S. The van der Waals surface area contributed by atoms with Crippen LogP contribution in [0.4, 0.5) is 4.39 Å². The van der Waals surface area contributed by atoms with Gasteiger partial charge in [0, 0.05) is 23.1 Å². The van der Waals surface area contributed by atoms with Gasteiger partial charge in [-0.15, -0.1) is 6.42 Å². The van der Waals surface area contributed by atoms with Gasteiger partial charge in [-0.2, -0.15) is 4.31 Å². The van der Waals surface area contributed by atoms with Gasteiger partial charge in [0.15, 0.2) is 0 Å². The summed E-state index contributed by atoms with van der Waals surface area (Å²) < 4.78 is 41.1. The Labute approximate surface area is 133 Å². The molecular weight excluding hydrogens is 359 g/mol. The maximum Gasteiger partial charge on any atom is 0.246 e. The Hall–Kier alpha value is -0.940. The highest BCUT2D eigenvalue weighted by Gasteiger charge is 2.27. The van der Waals surface area contributed by atoms with Gasteiger partial charge in [0.05, 0.1) is 6.54 Å². The van der Waals surface area contributed by atoms with Crippen LogP contribution in [0, 0.1) is 18.2 Å². The molecule has 1 rings (SSSR count). The van der Waals surface area contributed by atoms with Crippen LogP contribution < -0.4 is 5.32 Å². The van der Waals surface area contributed by atoms with Crippen LogP contribution in [-0.2, 0) is 16.6 Å². The lowest BCUT2D eigenvalue weighted by molar-refractivity contribution is 0.456. The first-order chi connectivity index (χ1) is 9.88. The van der Waals surface area contributed by atoms with Gasteiger partial charge in [-0.05, 0) is 18.7 Å². The Morgan fingerprint density at radius 2 is 2.10 bits per heavy atom. The van der Waals surface area contributed by atoms with Crippen LogP contribution in [-0.4, -0.2) is 32.4 Å². The molecule has 4 nitrogen and oxygen atoms in total. The molecule has 0 bridgehead atoms. The van der Waals surface area contributed by atoms with E-state index in [1.165, 1.54) is 6.07 Å². The fourth-order valence-corrected chi connectivity index (χ4v) is 3.95. The van der Waals surface area contributed by atoms with Gasteiger partial charge in [0.1, 0.15) is 10.7 Å². The van der Waals surface area contributed by atoms with Crippen LogP contribution in [0.3, 0.4) is 0 Å². The normalized spacial score (nSPS) is 11.6. The molecule has 0 aliphatic rings. The third kappa shape index (κ3) is 4.27. The summed E-state index contributed by atoms with van der Waals surface area (Å²) in [6, 6.07) is 2.83. The zero-order valence-electron chi connectivity index (χ0n) is 12.0. The van der Waals surface area contributed by atoms with E-state index in [9.17, 15) is 12.8 Å². The van der Waals surface area contributed by atoms with E-state index in [0.29, 0.717) is 16.6 Å². The van der Waals surface area contributed by atoms with Crippen LogP contribution >= 0.6 is 15.9 Å². The molecule has 1 aromatic rings. The quantitative estimate of drug-likeness (QED) is 0.743. The van der Waals surface area contributed by atoms with Gasteiger partial charge < -0.3 is 5.32 Å². The van der Waals surface area contributed by atoms with Crippen LogP contribution in [0.25, 0.3) is 0 Å². The van der Waals surface area contributed by atoms with Crippen molar-refractivity contribution in [3.05, 3.63) is 28.0 Å². The number of hydrogen-bond acceptors (Lipinski definition) is 3. The van der Waals surface area contributed by atoms with Gasteiger partial charge in [0.25, 0.3) is 0 Å². The molecule has 1 aromatic carbocycles. The number of rotatable bonds is 7. The predicted octanol–water partition coefficient (Wildman–Crippen LogP) is 2.34. The first kappa shape index (κ1) is 18.1. The van der Waals surface area contributed by atoms with Crippen molar-refractivity contribution < 1.29 is 12.8 Å². The van der Waals surface area contributed by atoms with E-state index in [1.807, 2.05) is 6.92 Å². The molecule has 7 heteroatoms. The van der Waals surface area contributed by atoms with Crippen molar-refractivity contribution in [3.8, 4) is 12.3 Å². The molecule has 0 aliphatic heterocycles. The summed E-state index contributed by atoms with van der Waals surface area (Å²) in [6.07, 6.45) is 5.17. The van der Waals surface area contributed by atoms with Crippen LogP contribution in [0.15, 0.2) is 21.5 Å². The second-order valence-electron chi connectivity index (χ2n) is 4.29. The average molecular weight is 377 g/mol. The van der Waals surface area contributed by atoms with Crippen LogP contribution in [0.5, 0.6) is 0 Å². The number of hydrogen-bond donors (Lipinski definition) is 1. The number of nitrogens with one attached hydrogen (secondary N) is 1. The fourth-order valence-electron chi connectivity index (χ4n) is 1.80. The topological polar surface area (TPSA) is 49.4 Å². The Balaban J connectivity index is 3.35. The number of benzene rings is 1. The average Bonchev–Trinajstić information content (AvgIpc) is 2.44. The highest BCUT2D eigenvalue weighted by Crippen LogP contribution is 2.26. The lowest BCUT2D eigenvalue weighted by Crippen LogP contribution is -2.32. The van der Waals surface area contributed by atoms with Gasteiger partial charge in [-0.25, -0.2) is 12.8 Å². The van der Waals surface area contributed by atoms with E-state index in [4.69, 9.17) is 6.42 Å². The highest BCUT2D eigenvalue weighted by molar-refractivity contribution is 9.10. The molecule has 0 fully saturated rings. The Kier molecular flexibility index (Phi) is 6.81. The van der Waals surface area contributed by atoms with Gasteiger partial charge >= 0.3 is 0 Å². The Bertz CT molecular complexity index is 641. The summed E-state index contributed by atoms with van der Waals surface area (Å²) in [5, 5.41) is 2.98. The van der Waals surface area contributed by atoms with E-state index >= 15 is 0 Å². The SMILES string of the molecule is C#CCN(CC)S(=O)(=O)c1cc(Br)cc(CNCC)c1F. The molecule has 1 N–H and O–H groups in total. The van der Waals surface area contributed by atoms with Crippen LogP contribution in [0.1, 0.15) is 19.4 Å². The van der Waals surface area contributed by atoms with Gasteiger partial charge in [-0.1, -0.05) is 35.7 Å². The highest BCUT2D eigenvalue weighted by atomic mass is 79.9. The molecule has 0 aromatic heterocycles. The number of halogens is 2. The van der Waals surface area contributed by atoms with Gasteiger partial charge in [0.2, 0.25) is 10.0 Å². The largest absolute Gasteiger partial charge is 0.313 e. The molecule has 0 atom stereocenters. The molecule has 0 amide bonds. The van der Waals surface area contributed by atoms with E-state index in [-0.39, 0.29) is 24.5 Å². The molecule has 0 heterocycles. The van der Waals surface area contributed by atoms with Crippen molar-refractivity contribution in [2.75, 3.05) is 19.6 Å². The van der Waals surface area contributed by atoms with Crippen molar-refractivity contribution in [3.63, 3.8) is 0 Å². The summed E-state index contributed by atoms with van der Waals surface area (Å²) in [6.45, 7) is 4.55. The summed E-state index contributed by atoms with van der Waals surface area (Å²) in [5.74, 6) is 1.54. The first-order valence-electron chi connectivity index (χ1n) is 6.50. The molecule has 21 heavy (non-hydrogen) atoms. The van der Waals surface area contributed by atoms with E-state index < -0.39 is 15.8 Å². The summed E-state index contributed by atoms with van der Waals surface area (Å²) in [7, 11) is -3.96. The standard InChI is InChI=1S/C14H18BrFN2O2S/c1-4-7-18(6-3)21(19,20)13-9-12(15)8-11(14(13)16)10-17-5-2/h1,8-9,17H,5-7,10H2,2-3H3. The van der Waals surface area contributed by atoms with E-state index in [1.54, 1.807) is 13.0 Å². The molecule has 0 unspecified atom stereocenters. The number of nitrogens with zero attached hydrogens (tertiary/aromatic N) is 1. The summed E-state index contributed by atoms with van der Waals surface area (Å²) >= 11 is 3.22. The number of sulfonamides is 1. The molecule has 116 valence electrons. The van der Waals surface area contributed by atoms with Crippen molar-refractivity contribution >= 4 is 26.0 Å². The fraction of sp³-hybridized carbons (Fsp3) is 0.429. The maximum atomic E-state index is 14.5. The molecule has 0 aliphatic carbocycles. The zero-order chi connectivity index (χ0) is 16.0. The monoisotopic (exact) mass is 376 g/mol. The third-order valence-electron chi connectivity index (χ3n) is 2.88. The lowest BCUT2D eigenvalue weighted by atomic mass is 10.2. The summed E-state index contributed by atoms with van der Waals surface area (Å²) in [4.78, 5) is -0.359. The minimum absolute atomic E-state index is 0.0900. The predicted molar refractivity (Wildman–Crippen MR) is 84.7 cm³/mol. The maximum absolute atomic E-state index is 14.5. The van der Waals surface area contributed by atoms with Crippen molar-refractivity contribution in [1.82, 2.24) is 9.62 Å². The van der Waals surface area contributed by atoms with Crippen molar-refractivity contribution in [2.24, 2.45) is 0 Å². The minimum Gasteiger partial charge on any atom is -0.313 e. The minimum atomic E-state index is -3.96. The second-order valence-corrected chi connectivity index (χ2v) is 7.11. The first-order valence-corrected chi connectivity index (χ1v) is 8.74. The van der Waals surface area contributed by atoms with Crippen LogP contribution in [0.2, 0.25) is 0 Å². The summed E-state index contributed by atoms with van der Waals surface area (Å²) in [5.41, 5.74) is 0.293. The molecule has 0 saturated carbocycles. The molecule has 0 spiro atoms. The zero-order valence-corrected chi connectivity index (χ0v) is 14.4. The van der Waals surface area contributed by atoms with E-state index in [2.05, 4.69) is 27.2 Å². The number of terminal acetylenes is 1. The Morgan fingerprint density at radius 3 is 2.62 bits per heavy atom. The van der Waals surface area contributed by atoms with E-state index in [0.717, 1.165) is 4.31 Å². The third-order valence-corrected chi connectivity index (χ3v) is 5.26. The molecule has 0 radical (unpaired) electrons.